The quantitative estimate of drug-likeness (QED) is 0.879. The Balaban J connectivity index is 1.91. The minimum Gasteiger partial charge on any atom is -0.376 e. The minimum atomic E-state index is 0.0149. The molecule has 2 rings (SSSR count). The molecule has 1 aliphatic rings. The lowest BCUT2D eigenvalue weighted by Crippen LogP contribution is -2.40. The summed E-state index contributed by atoms with van der Waals surface area (Å²) in [5.74, 6) is 0.0149. The van der Waals surface area contributed by atoms with Crippen molar-refractivity contribution >= 4 is 17.2 Å². The number of aryl methyl sites for hydroxylation is 1. The Bertz CT molecular complexity index is 369. The molecular formula is C12H17NO2S. The first-order chi connectivity index (χ1) is 7.66. The topological polar surface area (TPSA) is 38.3 Å². The SMILES string of the molecule is Cc1ccc(C(=O)N[C@@H](C)[C@H]2CCCO2)s1. The van der Waals surface area contributed by atoms with Gasteiger partial charge in [-0.25, -0.2) is 0 Å². The Morgan fingerprint density at radius 2 is 2.44 bits per heavy atom. The molecule has 4 heteroatoms. The van der Waals surface area contributed by atoms with E-state index in [9.17, 15) is 4.79 Å². The summed E-state index contributed by atoms with van der Waals surface area (Å²) in [5.41, 5.74) is 0. The van der Waals surface area contributed by atoms with Crippen LogP contribution in [0.2, 0.25) is 0 Å². The Hall–Kier alpha value is -0.870. The van der Waals surface area contributed by atoms with Gasteiger partial charge in [-0.1, -0.05) is 0 Å². The van der Waals surface area contributed by atoms with Gasteiger partial charge in [-0.2, -0.15) is 0 Å². The van der Waals surface area contributed by atoms with E-state index in [1.54, 1.807) is 0 Å². The summed E-state index contributed by atoms with van der Waals surface area (Å²) < 4.78 is 5.55. The number of rotatable bonds is 3. The van der Waals surface area contributed by atoms with E-state index in [4.69, 9.17) is 4.74 Å². The predicted octanol–water partition coefficient (Wildman–Crippen LogP) is 2.35. The van der Waals surface area contributed by atoms with Crippen molar-refractivity contribution in [3.05, 3.63) is 21.9 Å². The maximum Gasteiger partial charge on any atom is 0.261 e. The van der Waals surface area contributed by atoms with Crippen molar-refractivity contribution in [2.45, 2.75) is 38.8 Å². The fourth-order valence-electron chi connectivity index (χ4n) is 1.92. The minimum absolute atomic E-state index is 0.0149. The molecule has 0 bridgehead atoms. The maximum atomic E-state index is 11.9. The van der Waals surface area contributed by atoms with E-state index in [1.165, 1.54) is 11.3 Å². The maximum absolute atomic E-state index is 11.9. The van der Waals surface area contributed by atoms with Crippen LogP contribution in [0.4, 0.5) is 0 Å². The summed E-state index contributed by atoms with van der Waals surface area (Å²) in [6, 6.07) is 3.94. The Kier molecular flexibility index (Phi) is 3.61. The monoisotopic (exact) mass is 239 g/mol. The van der Waals surface area contributed by atoms with Crippen LogP contribution in [0.5, 0.6) is 0 Å². The van der Waals surface area contributed by atoms with Crippen LogP contribution in [-0.4, -0.2) is 24.7 Å². The molecule has 0 aliphatic carbocycles. The zero-order valence-electron chi connectivity index (χ0n) is 9.66. The molecule has 16 heavy (non-hydrogen) atoms. The highest BCUT2D eigenvalue weighted by Crippen LogP contribution is 2.18. The first-order valence-electron chi connectivity index (χ1n) is 5.66. The van der Waals surface area contributed by atoms with Crippen LogP contribution in [0, 0.1) is 6.92 Å². The molecule has 0 radical (unpaired) electrons. The smallest absolute Gasteiger partial charge is 0.261 e. The lowest BCUT2D eigenvalue weighted by atomic mass is 10.1. The summed E-state index contributed by atoms with van der Waals surface area (Å²) in [7, 11) is 0. The number of carbonyl (C=O) groups is 1. The first-order valence-corrected chi connectivity index (χ1v) is 6.47. The number of hydrogen-bond acceptors (Lipinski definition) is 3. The summed E-state index contributed by atoms with van der Waals surface area (Å²) in [6.07, 6.45) is 2.33. The highest BCUT2D eigenvalue weighted by atomic mass is 32.1. The molecule has 1 aromatic rings. The average molecular weight is 239 g/mol. The van der Waals surface area contributed by atoms with Crippen molar-refractivity contribution in [2.24, 2.45) is 0 Å². The third kappa shape index (κ3) is 2.62. The fraction of sp³-hybridized carbons (Fsp3) is 0.583. The number of hydrogen-bond donors (Lipinski definition) is 1. The summed E-state index contributed by atoms with van der Waals surface area (Å²) >= 11 is 1.53. The number of ether oxygens (including phenoxy) is 1. The van der Waals surface area contributed by atoms with Crippen LogP contribution in [-0.2, 0) is 4.74 Å². The van der Waals surface area contributed by atoms with E-state index in [0.29, 0.717) is 0 Å². The van der Waals surface area contributed by atoms with Gasteiger partial charge in [0.05, 0.1) is 17.0 Å². The summed E-state index contributed by atoms with van der Waals surface area (Å²) in [6.45, 7) is 4.84. The van der Waals surface area contributed by atoms with Crippen LogP contribution in [0.15, 0.2) is 12.1 Å². The molecule has 0 spiro atoms. The zero-order chi connectivity index (χ0) is 11.5. The molecule has 1 amide bonds. The molecule has 1 fully saturated rings. The molecule has 0 saturated carbocycles. The van der Waals surface area contributed by atoms with Crippen LogP contribution in [0.25, 0.3) is 0 Å². The van der Waals surface area contributed by atoms with Crippen molar-refractivity contribution in [1.29, 1.82) is 0 Å². The van der Waals surface area contributed by atoms with Gasteiger partial charge in [0.15, 0.2) is 0 Å². The van der Waals surface area contributed by atoms with Gasteiger partial charge < -0.3 is 10.1 Å². The normalized spacial score (nSPS) is 22.0. The van der Waals surface area contributed by atoms with Gasteiger partial charge in [-0.05, 0) is 38.8 Å². The molecule has 1 saturated heterocycles. The van der Waals surface area contributed by atoms with Crippen molar-refractivity contribution in [3.8, 4) is 0 Å². The molecular weight excluding hydrogens is 222 g/mol. The number of carbonyl (C=O) groups excluding carboxylic acids is 1. The lowest BCUT2D eigenvalue weighted by Gasteiger charge is -2.19. The van der Waals surface area contributed by atoms with E-state index >= 15 is 0 Å². The largest absolute Gasteiger partial charge is 0.376 e. The van der Waals surface area contributed by atoms with Crippen LogP contribution in [0.1, 0.15) is 34.3 Å². The van der Waals surface area contributed by atoms with E-state index in [0.717, 1.165) is 29.2 Å². The van der Waals surface area contributed by atoms with Gasteiger partial charge in [0, 0.05) is 11.5 Å². The molecule has 2 atom stereocenters. The second-order valence-corrected chi connectivity index (χ2v) is 5.51. The highest BCUT2D eigenvalue weighted by Gasteiger charge is 2.24. The zero-order valence-corrected chi connectivity index (χ0v) is 10.5. The average Bonchev–Trinajstić information content (AvgIpc) is 2.87. The molecule has 0 aromatic carbocycles. The second kappa shape index (κ2) is 4.97. The van der Waals surface area contributed by atoms with Gasteiger partial charge in [-0.15, -0.1) is 11.3 Å². The Labute approximate surface area is 99.8 Å². The van der Waals surface area contributed by atoms with Gasteiger partial charge >= 0.3 is 0 Å². The highest BCUT2D eigenvalue weighted by molar-refractivity contribution is 7.13. The van der Waals surface area contributed by atoms with Gasteiger partial charge in [0.2, 0.25) is 0 Å². The van der Waals surface area contributed by atoms with Crippen molar-refractivity contribution in [3.63, 3.8) is 0 Å². The molecule has 0 unspecified atom stereocenters. The van der Waals surface area contributed by atoms with Crippen molar-refractivity contribution in [2.75, 3.05) is 6.61 Å². The fourth-order valence-corrected chi connectivity index (χ4v) is 2.69. The third-order valence-corrected chi connectivity index (χ3v) is 3.84. The molecule has 1 aromatic heterocycles. The van der Waals surface area contributed by atoms with Crippen LogP contribution in [0.3, 0.4) is 0 Å². The Morgan fingerprint density at radius 1 is 1.62 bits per heavy atom. The van der Waals surface area contributed by atoms with Crippen LogP contribution >= 0.6 is 11.3 Å². The molecule has 3 nitrogen and oxygen atoms in total. The second-order valence-electron chi connectivity index (χ2n) is 4.22. The van der Waals surface area contributed by atoms with E-state index in [2.05, 4.69) is 5.32 Å². The van der Waals surface area contributed by atoms with Gasteiger partial charge in [0.1, 0.15) is 0 Å². The number of amides is 1. The predicted molar refractivity (Wildman–Crippen MR) is 65.0 cm³/mol. The van der Waals surface area contributed by atoms with Crippen LogP contribution < -0.4 is 5.32 Å². The van der Waals surface area contributed by atoms with Crippen molar-refractivity contribution < 1.29 is 9.53 Å². The van der Waals surface area contributed by atoms with Gasteiger partial charge in [-0.3, -0.25) is 4.79 Å². The van der Waals surface area contributed by atoms with E-state index in [1.807, 2.05) is 26.0 Å². The Morgan fingerprint density at radius 3 is 3.00 bits per heavy atom. The van der Waals surface area contributed by atoms with Crippen molar-refractivity contribution in [1.82, 2.24) is 5.32 Å². The summed E-state index contributed by atoms with van der Waals surface area (Å²) in [4.78, 5) is 13.8. The molecule has 1 aliphatic heterocycles. The third-order valence-electron chi connectivity index (χ3n) is 2.85. The molecule has 1 N–H and O–H groups in total. The van der Waals surface area contributed by atoms with E-state index < -0.39 is 0 Å². The summed E-state index contributed by atoms with van der Waals surface area (Å²) in [5, 5.41) is 3.00. The lowest BCUT2D eigenvalue weighted by molar-refractivity contribution is 0.0714. The number of thiophene rings is 1. The first kappa shape index (κ1) is 11.6. The van der Waals surface area contributed by atoms with E-state index in [-0.39, 0.29) is 18.1 Å². The standard InChI is InChI=1S/C12H17NO2S/c1-8-5-6-11(16-8)12(14)13-9(2)10-4-3-7-15-10/h5-6,9-10H,3-4,7H2,1-2H3,(H,13,14)/t9-,10+/m0/s1. The number of nitrogens with one attached hydrogen (secondary N) is 1. The molecule has 88 valence electrons. The molecule has 2 heterocycles. The van der Waals surface area contributed by atoms with Gasteiger partial charge in [0.25, 0.3) is 5.91 Å².